The number of nitrogens with two attached hydrogens (primary N) is 1. The Labute approximate surface area is 132 Å². The van der Waals surface area contributed by atoms with E-state index in [-0.39, 0.29) is 24.1 Å². The first kappa shape index (κ1) is 17.6. The van der Waals surface area contributed by atoms with Crippen LogP contribution in [-0.2, 0) is 11.2 Å². The number of halogens is 1. The van der Waals surface area contributed by atoms with Crippen molar-refractivity contribution in [3.63, 3.8) is 0 Å². The van der Waals surface area contributed by atoms with Gasteiger partial charge in [-0.3, -0.25) is 14.9 Å². The van der Waals surface area contributed by atoms with Crippen molar-refractivity contribution < 1.29 is 9.72 Å². The van der Waals surface area contributed by atoms with Gasteiger partial charge in [-0.25, -0.2) is 0 Å². The number of amides is 1. The van der Waals surface area contributed by atoms with E-state index in [0.717, 1.165) is 19.3 Å². The van der Waals surface area contributed by atoms with Gasteiger partial charge in [0.2, 0.25) is 5.91 Å². The van der Waals surface area contributed by atoms with Crippen molar-refractivity contribution in [1.29, 1.82) is 0 Å². The summed E-state index contributed by atoms with van der Waals surface area (Å²) in [5.41, 5.74) is 6.35. The quantitative estimate of drug-likeness (QED) is 0.551. The molecular formula is C14H20BrN3O3. The van der Waals surface area contributed by atoms with Crippen LogP contribution in [0.15, 0.2) is 22.7 Å². The Morgan fingerprint density at radius 1 is 1.52 bits per heavy atom. The summed E-state index contributed by atoms with van der Waals surface area (Å²) in [6.07, 6.45) is 3.10. The highest BCUT2D eigenvalue weighted by atomic mass is 79.9. The van der Waals surface area contributed by atoms with Crippen molar-refractivity contribution >= 4 is 27.5 Å². The van der Waals surface area contributed by atoms with E-state index in [2.05, 4.69) is 28.2 Å². The van der Waals surface area contributed by atoms with Crippen LogP contribution in [0.25, 0.3) is 0 Å². The van der Waals surface area contributed by atoms with E-state index in [9.17, 15) is 14.9 Å². The molecule has 0 heterocycles. The Hall–Kier alpha value is -1.47. The van der Waals surface area contributed by atoms with Gasteiger partial charge in [0.05, 0.1) is 11.3 Å². The number of carbonyl (C=O) groups excluding carboxylic acids is 1. The van der Waals surface area contributed by atoms with Crippen LogP contribution >= 0.6 is 15.9 Å². The molecule has 3 N–H and O–H groups in total. The second-order valence-electron chi connectivity index (χ2n) is 4.85. The maximum absolute atomic E-state index is 12.0. The van der Waals surface area contributed by atoms with Crippen LogP contribution in [0.2, 0.25) is 0 Å². The predicted molar refractivity (Wildman–Crippen MR) is 85.0 cm³/mol. The van der Waals surface area contributed by atoms with E-state index in [1.54, 1.807) is 6.07 Å². The summed E-state index contributed by atoms with van der Waals surface area (Å²) in [7, 11) is 0. The molecule has 0 fully saturated rings. The number of benzene rings is 1. The maximum atomic E-state index is 12.0. The largest absolute Gasteiger partial charge is 0.352 e. The lowest BCUT2D eigenvalue weighted by Gasteiger charge is -2.16. The van der Waals surface area contributed by atoms with E-state index >= 15 is 0 Å². The third-order valence-corrected chi connectivity index (χ3v) is 3.89. The number of nitrogens with zero attached hydrogens (tertiary/aromatic N) is 1. The standard InChI is InChI=1S/C14H20BrN3O3/c1-2-3-4-11(9-16)17-14(19)7-10-5-6-12(18(20)21)8-13(10)15/h5-6,8,11H,2-4,7,9,16H2,1H3,(H,17,19). The third kappa shape index (κ3) is 5.81. The van der Waals surface area contributed by atoms with Gasteiger partial charge in [0, 0.05) is 29.2 Å². The molecule has 0 radical (unpaired) electrons. The molecule has 0 aliphatic carbocycles. The molecule has 1 atom stereocenters. The minimum Gasteiger partial charge on any atom is -0.352 e. The molecule has 6 nitrogen and oxygen atoms in total. The molecule has 0 aliphatic heterocycles. The van der Waals surface area contributed by atoms with E-state index < -0.39 is 4.92 Å². The lowest BCUT2D eigenvalue weighted by atomic mass is 10.1. The number of hydrogen-bond donors (Lipinski definition) is 2. The molecule has 1 aromatic rings. The predicted octanol–water partition coefficient (Wildman–Crippen LogP) is 2.53. The topological polar surface area (TPSA) is 98.3 Å². The smallest absolute Gasteiger partial charge is 0.270 e. The molecule has 0 saturated carbocycles. The number of rotatable bonds is 8. The average molecular weight is 358 g/mol. The highest BCUT2D eigenvalue weighted by Crippen LogP contribution is 2.23. The van der Waals surface area contributed by atoms with E-state index in [1.807, 2.05) is 0 Å². The zero-order valence-electron chi connectivity index (χ0n) is 12.0. The molecule has 1 unspecified atom stereocenters. The van der Waals surface area contributed by atoms with Crippen LogP contribution in [0.1, 0.15) is 31.7 Å². The van der Waals surface area contributed by atoms with Crippen LogP contribution in [0, 0.1) is 10.1 Å². The average Bonchev–Trinajstić information content (AvgIpc) is 2.45. The molecule has 0 aliphatic rings. The van der Waals surface area contributed by atoms with Crippen LogP contribution in [0.3, 0.4) is 0 Å². The number of non-ortho nitro benzene ring substituents is 1. The van der Waals surface area contributed by atoms with Crippen LogP contribution < -0.4 is 11.1 Å². The molecule has 0 aromatic heterocycles. The highest BCUT2D eigenvalue weighted by molar-refractivity contribution is 9.10. The van der Waals surface area contributed by atoms with Gasteiger partial charge in [-0.15, -0.1) is 0 Å². The number of hydrogen-bond acceptors (Lipinski definition) is 4. The fraction of sp³-hybridized carbons (Fsp3) is 0.500. The van der Waals surface area contributed by atoms with Gasteiger partial charge in [0.15, 0.2) is 0 Å². The monoisotopic (exact) mass is 357 g/mol. The van der Waals surface area contributed by atoms with Crippen molar-refractivity contribution in [3.8, 4) is 0 Å². The van der Waals surface area contributed by atoms with Gasteiger partial charge in [-0.05, 0) is 12.0 Å². The summed E-state index contributed by atoms with van der Waals surface area (Å²) >= 11 is 3.26. The summed E-state index contributed by atoms with van der Waals surface area (Å²) in [6, 6.07) is 4.37. The highest BCUT2D eigenvalue weighted by Gasteiger charge is 2.14. The molecule has 1 aromatic carbocycles. The zero-order valence-corrected chi connectivity index (χ0v) is 13.6. The number of carbonyl (C=O) groups is 1. The third-order valence-electron chi connectivity index (χ3n) is 3.15. The molecule has 7 heteroatoms. The summed E-state index contributed by atoms with van der Waals surface area (Å²) in [5.74, 6) is -0.129. The van der Waals surface area contributed by atoms with Crippen LogP contribution in [-0.4, -0.2) is 23.4 Å². The van der Waals surface area contributed by atoms with Crippen molar-refractivity contribution in [1.82, 2.24) is 5.32 Å². The fourth-order valence-corrected chi connectivity index (χ4v) is 2.45. The SMILES string of the molecule is CCCCC(CN)NC(=O)Cc1ccc([N+](=O)[O-])cc1Br. The minimum atomic E-state index is -0.468. The minimum absolute atomic E-state index is 0.00573. The first-order chi connectivity index (χ1) is 9.97. The number of nitrogens with one attached hydrogen (secondary N) is 1. The van der Waals surface area contributed by atoms with Gasteiger partial charge in [-0.1, -0.05) is 41.8 Å². The first-order valence-electron chi connectivity index (χ1n) is 6.90. The molecule has 0 spiro atoms. The Kier molecular flexibility index (Phi) is 7.31. The molecule has 1 rings (SSSR count). The lowest BCUT2D eigenvalue weighted by Crippen LogP contribution is -2.40. The van der Waals surface area contributed by atoms with Gasteiger partial charge < -0.3 is 11.1 Å². The summed E-state index contributed by atoms with van der Waals surface area (Å²) < 4.78 is 0.560. The van der Waals surface area contributed by atoms with E-state index in [4.69, 9.17) is 5.73 Å². The summed E-state index contributed by atoms with van der Waals surface area (Å²) in [4.78, 5) is 22.2. The molecular weight excluding hydrogens is 338 g/mol. The molecule has 1 amide bonds. The Morgan fingerprint density at radius 2 is 2.24 bits per heavy atom. The van der Waals surface area contributed by atoms with Crippen molar-refractivity contribution in [2.75, 3.05) is 6.54 Å². The lowest BCUT2D eigenvalue weighted by molar-refractivity contribution is -0.384. The Morgan fingerprint density at radius 3 is 2.76 bits per heavy atom. The van der Waals surface area contributed by atoms with Gasteiger partial charge in [-0.2, -0.15) is 0 Å². The van der Waals surface area contributed by atoms with Crippen molar-refractivity contribution in [3.05, 3.63) is 38.3 Å². The van der Waals surface area contributed by atoms with Crippen molar-refractivity contribution in [2.24, 2.45) is 5.73 Å². The van der Waals surface area contributed by atoms with Crippen LogP contribution in [0.4, 0.5) is 5.69 Å². The second kappa shape index (κ2) is 8.74. The van der Waals surface area contributed by atoms with Gasteiger partial charge in [0.1, 0.15) is 0 Å². The first-order valence-corrected chi connectivity index (χ1v) is 7.69. The Balaban J connectivity index is 2.64. The second-order valence-corrected chi connectivity index (χ2v) is 5.71. The normalized spacial score (nSPS) is 12.0. The van der Waals surface area contributed by atoms with Gasteiger partial charge in [0.25, 0.3) is 5.69 Å². The molecule has 116 valence electrons. The fourth-order valence-electron chi connectivity index (χ4n) is 1.94. The summed E-state index contributed by atoms with van der Waals surface area (Å²) in [5, 5.41) is 13.6. The number of nitro benzene ring substituents is 1. The molecule has 21 heavy (non-hydrogen) atoms. The number of nitro groups is 1. The van der Waals surface area contributed by atoms with Crippen molar-refractivity contribution in [2.45, 2.75) is 38.6 Å². The summed E-state index contributed by atoms with van der Waals surface area (Å²) in [6.45, 7) is 2.50. The Bertz CT molecular complexity index is 508. The van der Waals surface area contributed by atoms with E-state index in [0.29, 0.717) is 16.6 Å². The molecule has 0 bridgehead atoms. The molecule has 0 saturated heterocycles. The maximum Gasteiger partial charge on any atom is 0.270 e. The number of unbranched alkanes of at least 4 members (excludes halogenated alkanes) is 1. The van der Waals surface area contributed by atoms with E-state index in [1.165, 1.54) is 12.1 Å². The van der Waals surface area contributed by atoms with Crippen LogP contribution in [0.5, 0.6) is 0 Å². The zero-order chi connectivity index (χ0) is 15.8. The van der Waals surface area contributed by atoms with Gasteiger partial charge >= 0.3 is 0 Å².